The molecule has 2 heterocycles. The fourth-order valence-electron chi connectivity index (χ4n) is 2.95. The minimum absolute atomic E-state index is 0.0860. The summed E-state index contributed by atoms with van der Waals surface area (Å²) in [6, 6.07) is 13.1. The lowest BCUT2D eigenvalue weighted by molar-refractivity contribution is 0.590. The molecule has 0 aliphatic carbocycles. The smallest absolute Gasteiger partial charge is 0.255 e. The van der Waals surface area contributed by atoms with Crippen LogP contribution in [0.2, 0.25) is 0 Å². The first-order chi connectivity index (χ1) is 14.0. The van der Waals surface area contributed by atoms with Gasteiger partial charge in [-0.15, -0.1) is 0 Å². The predicted molar refractivity (Wildman–Crippen MR) is 123 cm³/mol. The predicted octanol–water partition coefficient (Wildman–Crippen LogP) is 4.28. The van der Waals surface area contributed by atoms with E-state index in [4.69, 9.17) is 0 Å². The summed E-state index contributed by atoms with van der Waals surface area (Å²) in [6.45, 7) is 6.39. The van der Waals surface area contributed by atoms with Crippen molar-refractivity contribution in [3.63, 3.8) is 0 Å². The average molecular weight is 424 g/mol. The number of aromatic nitrogens is 2. The van der Waals surface area contributed by atoms with E-state index < -0.39 is 10.0 Å². The van der Waals surface area contributed by atoms with Crippen molar-refractivity contribution < 1.29 is 8.42 Å². The van der Waals surface area contributed by atoms with Crippen LogP contribution >= 0.6 is 0 Å². The van der Waals surface area contributed by atoms with Gasteiger partial charge in [0.25, 0.3) is 5.56 Å². The molecule has 0 spiro atoms. The van der Waals surface area contributed by atoms with Gasteiger partial charge in [0.15, 0.2) is 0 Å². The number of H-pyrrole nitrogens is 1. The van der Waals surface area contributed by atoms with Crippen molar-refractivity contribution in [2.24, 2.45) is 0 Å². The summed E-state index contributed by atoms with van der Waals surface area (Å²) in [5.74, 6) is 0. The monoisotopic (exact) mass is 423 g/mol. The summed E-state index contributed by atoms with van der Waals surface area (Å²) in [4.78, 5) is 19.3. The molecule has 1 aromatic carbocycles. The first-order valence-electron chi connectivity index (χ1n) is 9.47. The summed E-state index contributed by atoms with van der Waals surface area (Å²) in [6.07, 6.45) is 7.97. The number of rotatable bonds is 5. The van der Waals surface area contributed by atoms with Gasteiger partial charge in [0.2, 0.25) is 10.0 Å². The molecule has 156 valence electrons. The van der Waals surface area contributed by atoms with Gasteiger partial charge in [-0.05, 0) is 58.5 Å². The number of sulfonamides is 1. The van der Waals surface area contributed by atoms with Gasteiger partial charge in [-0.1, -0.05) is 39.0 Å². The fraction of sp³-hybridized carbons (Fsp3) is 0.217. The molecule has 7 heteroatoms. The van der Waals surface area contributed by atoms with Crippen molar-refractivity contribution in [2.45, 2.75) is 26.2 Å². The summed E-state index contributed by atoms with van der Waals surface area (Å²) in [7, 11) is -3.33. The van der Waals surface area contributed by atoms with E-state index in [1.165, 1.54) is 6.20 Å². The van der Waals surface area contributed by atoms with E-state index in [0.717, 1.165) is 22.9 Å². The van der Waals surface area contributed by atoms with Crippen molar-refractivity contribution in [3.8, 4) is 11.1 Å². The van der Waals surface area contributed by atoms with E-state index in [9.17, 15) is 13.2 Å². The lowest BCUT2D eigenvalue weighted by Gasteiger charge is -2.21. The van der Waals surface area contributed by atoms with Crippen LogP contribution in [-0.2, 0) is 15.4 Å². The van der Waals surface area contributed by atoms with E-state index in [0.29, 0.717) is 16.9 Å². The van der Waals surface area contributed by atoms with E-state index in [-0.39, 0.29) is 11.0 Å². The van der Waals surface area contributed by atoms with Gasteiger partial charge in [-0.3, -0.25) is 14.5 Å². The normalized spacial score (nSPS) is 12.3. The second-order valence-electron chi connectivity index (χ2n) is 8.19. The number of aromatic amines is 1. The molecule has 30 heavy (non-hydrogen) atoms. The van der Waals surface area contributed by atoms with Gasteiger partial charge in [-0.25, -0.2) is 8.42 Å². The molecule has 0 saturated carbocycles. The molecule has 6 nitrogen and oxygen atoms in total. The van der Waals surface area contributed by atoms with E-state index >= 15 is 0 Å². The molecular weight excluding hydrogens is 398 g/mol. The minimum atomic E-state index is -3.33. The van der Waals surface area contributed by atoms with Gasteiger partial charge >= 0.3 is 0 Å². The maximum atomic E-state index is 12.3. The van der Waals surface area contributed by atoms with Crippen LogP contribution in [0.4, 0.5) is 5.69 Å². The molecule has 3 rings (SSSR count). The molecule has 0 radical (unpaired) electrons. The molecule has 0 atom stereocenters. The number of hydrogen-bond donors (Lipinski definition) is 2. The fourth-order valence-corrected chi connectivity index (χ4v) is 3.49. The Balaban J connectivity index is 1.96. The first kappa shape index (κ1) is 21.5. The van der Waals surface area contributed by atoms with Crippen molar-refractivity contribution in [1.82, 2.24) is 9.97 Å². The SMILES string of the molecule is CC(C)(C)c1cc(C=Cc2ccc(NS(C)(=O)=O)cn2)cc(-c2ccc[nH]c2=O)c1. The van der Waals surface area contributed by atoms with Crippen LogP contribution in [0.25, 0.3) is 23.3 Å². The highest BCUT2D eigenvalue weighted by molar-refractivity contribution is 7.92. The van der Waals surface area contributed by atoms with Gasteiger partial charge in [-0.2, -0.15) is 0 Å². The lowest BCUT2D eigenvalue weighted by atomic mass is 9.84. The van der Waals surface area contributed by atoms with Crippen LogP contribution in [0.3, 0.4) is 0 Å². The topological polar surface area (TPSA) is 91.9 Å². The van der Waals surface area contributed by atoms with Gasteiger partial charge in [0, 0.05) is 11.8 Å². The highest BCUT2D eigenvalue weighted by Crippen LogP contribution is 2.29. The third-order valence-corrected chi connectivity index (χ3v) is 5.09. The molecule has 0 amide bonds. The lowest BCUT2D eigenvalue weighted by Crippen LogP contribution is -2.13. The molecule has 0 saturated heterocycles. The quantitative estimate of drug-likeness (QED) is 0.641. The summed E-state index contributed by atoms with van der Waals surface area (Å²) >= 11 is 0. The second kappa shape index (κ2) is 8.28. The minimum Gasteiger partial charge on any atom is -0.329 e. The zero-order valence-corrected chi connectivity index (χ0v) is 18.2. The third-order valence-electron chi connectivity index (χ3n) is 4.49. The molecule has 0 unspecified atom stereocenters. The van der Waals surface area contributed by atoms with Crippen LogP contribution in [0.5, 0.6) is 0 Å². The Kier molecular flexibility index (Phi) is 5.94. The maximum absolute atomic E-state index is 12.3. The highest BCUT2D eigenvalue weighted by Gasteiger charge is 2.16. The largest absolute Gasteiger partial charge is 0.329 e. The molecule has 0 aliphatic rings. The van der Waals surface area contributed by atoms with E-state index in [2.05, 4.69) is 41.5 Å². The van der Waals surface area contributed by atoms with Crippen molar-refractivity contribution in [2.75, 3.05) is 11.0 Å². The van der Waals surface area contributed by atoms with Gasteiger partial charge < -0.3 is 4.98 Å². The Hall–Kier alpha value is -3.19. The Morgan fingerprint density at radius 3 is 2.43 bits per heavy atom. The van der Waals surface area contributed by atoms with Crippen LogP contribution in [0.1, 0.15) is 37.6 Å². The zero-order chi connectivity index (χ0) is 21.9. The van der Waals surface area contributed by atoms with E-state index in [1.807, 2.05) is 36.4 Å². The second-order valence-corrected chi connectivity index (χ2v) is 9.93. The molecule has 2 aromatic heterocycles. The molecule has 3 aromatic rings. The highest BCUT2D eigenvalue weighted by atomic mass is 32.2. The standard InChI is InChI=1S/C23H25N3O3S/c1-23(2,3)18-13-16(12-17(14-18)21-6-5-11-24-22(21)27)7-8-19-9-10-20(15-25-19)26-30(4,28)29/h5-15,26H,1-4H3,(H,24,27). The first-order valence-corrected chi connectivity index (χ1v) is 11.4. The Bertz CT molecular complexity index is 1240. The van der Waals surface area contributed by atoms with Gasteiger partial charge in [0.1, 0.15) is 0 Å². The Morgan fingerprint density at radius 2 is 1.83 bits per heavy atom. The number of pyridine rings is 2. The number of anilines is 1. The summed E-state index contributed by atoms with van der Waals surface area (Å²) in [5, 5.41) is 0. The van der Waals surface area contributed by atoms with Crippen LogP contribution in [-0.4, -0.2) is 24.6 Å². The Morgan fingerprint density at radius 1 is 1.07 bits per heavy atom. The molecule has 0 fully saturated rings. The third kappa shape index (κ3) is 5.67. The molecule has 0 bridgehead atoms. The van der Waals surface area contributed by atoms with Crippen molar-refractivity contribution in [1.29, 1.82) is 0 Å². The molecule has 2 N–H and O–H groups in total. The number of nitrogens with one attached hydrogen (secondary N) is 2. The van der Waals surface area contributed by atoms with Crippen molar-refractivity contribution >= 4 is 27.9 Å². The maximum Gasteiger partial charge on any atom is 0.255 e. The number of hydrogen-bond acceptors (Lipinski definition) is 4. The summed E-state index contributed by atoms with van der Waals surface area (Å²) in [5.41, 5.74) is 4.41. The van der Waals surface area contributed by atoms with Crippen LogP contribution in [0.15, 0.2) is 59.7 Å². The number of nitrogens with zero attached hydrogens (tertiary/aromatic N) is 1. The van der Waals surface area contributed by atoms with Gasteiger partial charge in [0.05, 0.1) is 23.8 Å². The van der Waals surface area contributed by atoms with Crippen LogP contribution in [0, 0.1) is 0 Å². The van der Waals surface area contributed by atoms with E-state index in [1.54, 1.807) is 18.3 Å². The summed E-state index contributed by atoms with van der Waals surface area (Å²) < 4.78 is 25.0. The Labute approximate surface area is 176 Å². The molecular formula is C23H25N3O3S. The van der Waals surface area contributed by atoms with Crippen LogP contribution < -0.4 is 10.3 Å². The zero-order valence-electron chi connectivity index (χ0n) is 17.4. The van der Waals surface area contributed by atoms with Crippen molar-refractivity contribution in [3.05, 3.63) is 82.0 Å². The average Bonchev–Trinajstić information content (AvgIpc) is 2.66. The molecule has 0 aliphatic heterocycles. The number of benzene rings is 1.